The number of unbranched alkanes of at least 4 members (excludes halogenated alkanes) is 43. The molecule has 0 saturated carbocycles. The molecule has 1 amide bonds. The highest BCUT2D eigenvalue weighted by atomic mass is 16.5. The summed E-state index contributed by atoms with van der Waals surface area (Å²) < 4.78 is 5.47. The Bertz CT molecular complexity index is 1040. The predicted molar refractivity (Wildman–Crippen MR) is 292 cm³/mol. The largest absolute Gasteiger partial charge is 0.466 e. The Morgan fingerprint density at radius 3 is 1.07 bits per heavy atom. The first-order chi connectivity index (χ1) is 33.0. The third-order valence-corrected chi connectivity index (χ3v) is 14.0. The molecule has 0 heterocycles. The summed E-state index contributed by atoms with van der Waals surface area (Å²) in [6.45, 7) is 4.89. The van der Waals surface area contributed by atoms with Gasteiger partial charge in [-0.05, 0) is 57.8 Å². The Morgan fingerprint density at radius 2 is 0.701 bits per heavy atom. The highest BCUT2D eigenvalue weighted by Gasteiger charge is 2.18. The second kappa shape index (κ2) is 56.9. The van der Waals surface area contributed by atoms with Crippen molar-refractivity contribution in [2.45, 2.75) is 341 Å². The lowest BCUT2D eigenvalue weighted by molar-refractivity contribution is -0.143. The van der Waals surface area contributed by atoms with E-state index in [1.54, 1.807) is 6.08 Å². The van der Waals surface area contributed by atoms with E-state index in [9.17, 15) is 19.8 Å². The van der Waals surface area contributed by atoms with E-state index >= 15 is 0 Å². The van der Waals surface area contributed by atoms with E-state index in [4.69, 9.17) is 4.74 Å². The van der Waals surface area contributed by atoms with Crippen LogP contribution in [-0.4, -0.2) is 47.4 Å². The van der Waals surface area contributed by atoms with E-state index in [0.717, 1.165) is 44.9 Å². The highest BCUT2D eigenvalue weighted by molar-refractivity contribution is 5.76. The van der Waals surface area contributed by atoms with Crippen LogP contribution in [0.5, 0.6) is 0 Å². The fraction of sp³-hybridized carbons (Fsp3) is 0.902. The number of esters is 1. The van der Waals surface area contributed by atoms with Crippen molar-refractivity contribution < 1.29 is 24.5 Å². The number of aliphatic hydroxyl groups is 2. The van der Waals surface area contributed by atoms with Crippen molar-refractivity contribution in [3.8, 4) is 0 Å². The van der Waals surface area contributed by atoms with Gasteiger partial charge in [-0.2, -0.15) is 0 Å². The van der Waals surface area contributed by atoms with Crippen LogP contribution in [0.4, 0.5) is 0 Å². The minimum atomic E-state index is -0.841. The normalized spacial score (nSPS) is 12.7. The monoisotopic (exact) mass is 944 g/mol. The number of aliphatic hydroxyl groups excluding tert-OH is 2. The zero-order valence-corrected chi connectivity index (χ0v) is 45.1. The van der Waals surface area contributed by atoms with Crippen molar-refractivity contribution >= 4 is 11.9 Å². The fourth-order valence-corrected chi connectivity index (χ4v) is 9.34. The van der Waals surface area contributed by atoms with Crippen LogP contribution in [0.25, 0.3) is 0 Å². The van der Waals surface area contributed by atoms with E-state index in [-0.39, 0.29) is 18.5 Å². The molecule has 2 unspecified atom stereocenters. The number of nitrogens with one attached hydrogen (secondary N) is 1. The topological polar surface area (TPSA) is 95.9 Å². The molecule has 0 radical (unpaired) electrons. The van der Waals surface area contributed by atoms with Crippen molar-refractivity contribution in [1.29, 1.82) is 0 Å². The van der Waals surface area contributed by atoms with Crippen LogP contribution in [0, 0.1) is 0 Å². The second-order valence-electron chi connectivity index (χ2n) is 20.7. The zero-order valence-electron chi connectivity index (χ0n) is 45.1. The van der Waals surface area contributed by atoms with Gasteiger partial charge in [-0.25, -0.2) is 0 Å². The summed E-state index contributed by atoms with van der Waals surface area (Å²) in [6.07, 6.45) is 69.3. The van der Waals surface area contributed by atoms with E-state index in [0.29, 0.717) is 19.4 Å². The Hall–Kier alpha value is -1.66. The summed E-state index contributed by atoms with van der Waals surface area (Å²) in [5.74, 6) is -0.0594. The van der Waals surface area contributed by atoms with Gasteiger partial charge < -0.3 is 20.3 Å². The molecule has 0 aromatic carbocycles. The Kier molecular flexibility index (Phi) is 55.5. The first-order valence-electron chi connectivity index (χ1n) is 30.1. The maximum absolute atomic E-state index is 12.4. The van der Waals surface area contributed by atoms with Gasteiger partial charge in [-0.3, -0.25) is 9.59 Å². The Balaban J connectivity index is 3.36. The predicted octanol–water partition coefficient (Wildman–Crippen LogP) is 18.6. The maximum Gasteiger partial charge on any atom is 0.305 e. The average Bonchev–Trinajstić information content (AvgIpc) is 3.33. The summed E-state index contributed by atoms with van der Waals surface area (Å²) in [7, 11) is 0. The van der Waals surface area contributed by atoms with Crippen LogP contribution in [0.1, 0.15) is 328 Å². The Morgan fingerprint density at radius 1 is 0.403 bits per heavy atom. The summed E-state index contributed by atoms with van der Waals surface area (Å²) in [4.78, 5) is 24.5. The number of allylic oxidation sites excluding steroid dienone is 3. The van der Waals surface area contributed by atoms with Gasteiger partial charge in [0.25, 0.3) is 0 Å². The number of hydrogen-bond donors (Lipinski definition) is 3. The summed E-state index contributed by atoms with van der Waals surface area (Å²) in [5.41, 5.74) is 0. The average molecular weight is 945 g/mol. The molecular weight excluding hydrogens is 827 g/mol. The lowest BCUT2D eigenvalue weighted by Crippen LogP contribution is -2.45. The molecular formula is C61H117NO5. The van der Waals surface area contributed by atoms with Gasteiger partial charge in [0, 0.05) is 12.8 Å². The van der Waals surface area contributed by atoms with Gasteiger partial charge in [-0.15, -0.1) is 0 Å². The zero-order chi connectivity index (χ0) is 48.6. The van der Waals surface area contributed by atoms with Gasteiger partial charge in [-0.1, -0.05) is 282 Å². The molecule has 2 atom stereocenters. The van der Waals surface area contributed by atoms with Gasteiger partial charge in [0.1, 0.15) is 0 Å². The first-order valence-corrected chi connectivity index (χ1v) is 30.1. The fourth-order valence-electron chi connectivity index (χ4n) is 9.34. The highest BCUT2D eigenvalue weighted by Crippen LogP contribution is 2.17. The van der Waals surface area contributed by atoms with Crippen molar-refractivity contribution in [1.82, 2.24) is 5.32 Å². The molecule has 67 heavy (non-hydrogen) atoms. The van der Waals surface area contributed by atoms with E-state index in [1.165, 1.54) is 257 Å². The van der Waals surface area contributed by atoms with Gasteiger partial charge in [0.15, 0.2) is 0 Å². The molecule has 6 nitrogen and oxygen atoms in total. The van der Waals surface area contributed by atoms with Crippen molar-refractivity contribution in [3.63, 3.8) is 0 Å². The molecule has 396 valence electrons. The SMILES string of the molecule is CCCCCC/C=C\CCCCCCCC(=O)OCCCCCCCCCCCCCCCCCCCCCCCCCCCC(=O)NC(CO)C(O)/C=C/CCCCCCCCCCCC. The number of ether oxygens (including phenoxy) is 1. The number of carbonyl (C=O) groups excluding carboxylic acids is 2. The van der Waals surface area contributed by atoms with E-state index in [2.05, 4.69) is 31.3 Å². The molecule has 3 N–H and O–H groups in total. The molecule has 0 fully saturated rings. The van der Waals surface area contributed by atoms with Gasteiger partial charge in [0.2, 0.25) is 5.91 Å². The van der Waals surface area contributed by atoms with E-state index < -0.39 is 12.1 Å². The quantitative estimate of drug-likeness (QED) is 0.0321. The van der Waals surface area contributed by atoms with Crippen LogP contribution in [-0.2, 0) is 14.3 Å². The smallest absolute Gasteiger partial charge is 0.305 e. The number of amides is 1. The van der Waals surface area contributed by atoms with Crippen LogP contribution < -0.4 is 5.32 Å². The maximum atomic E-state index is 12.4. The molecule has 0 bridgehead atoms. The second-order valence-corrected chi connectivity index (χ2v) is 20.7. The van der Waals surface area contributed by atoms with Crippen LogP contribution in [0.2, 0.25) is 0 Å². The number of rotatable bonds is 56. The van der Waals surface area contributed by atoms with Crippen LogP contribution in [0.15, 0.2) is 24.3 Å². The summed E-state index contributed by atoms with van der Waals surface area (Å²) >= 11 is 0. The molecule has 0 aromatic rings. The minimum absolute atomic E-state index is 0.00671. The third kappa shape index (κ3) is 53.5. The molecule has 0 rings (SSSR count). The third-order valence-electron chi connectivity index (χ3n) is 14.0. The Labute approximate surface area is 418 Å². The first kappa shape index (κ1) is 65.3. The molecule has 0 spiro atoms. The van der Waals surface area contributed by atoms with Crippen molar-refractivity contribution in [2.24, 2.45) is 0 Å². The molecule has 6 heteroatoms. The number of hydrogen-bond acceptors (Lipinski definition) is 5. The minimum Gasteiger partial charge on any atom is -0.466 e. The van der Waals surface area contributed by atoms with Crippen LogP contribution in [0.3, 0.4) is 0 Å². The molecule has 0 aliphatic rings. The summed E-state index contributed by atoms with van der Waals surface area (Å²) in [5, 5.41) is 23.0. The number of carbonyl (C=O) groups is 2. The van der Waals surface area contributed by atoms with E-state index in [1.807, 2.05) is 6.08 Å². The molecule has 0 aliphatic carbocycles. The molecule has 0 aliphatic heterocycles. The lowest BCUT2D eigenvalue weighted by Gasteiger charge is -2.20. The van der Waals surface area contributed by atoms with Crippen LogP contribution >= 0.6 is 0 Å². The van der Waals surface area contributed by atoms with Gasteiger partial charge >= 0.3 is 5.97 Å². The lowest BCUT2D eigenvalue weighted by atomic mass is 10.0. The molecule has 0 aromatic heterocycles. The standard InChI is InChI=1S/C61H117NO5/c1-3-5-7-9-11-13-15-30-35-39-43-47-51-55-61(66)67-56-52-48-44-40-36-32-29-27-25-23-21-19-17-18-20-22-24-26-28-31-34-38-42-46-50-54-60(65)62-58(57-63)59(64)53-49-45-41-37-33-16-14-12-10-8-6-4-2/h13,15,49,53,58-59,63-64H,3-12,14,16-48,50-52,54-57H2,1-2H3,(H,62,65)/b15-13-,53-49+. The van der Waals surface area contributed by atoms with Gasteiger partial charge in [0.05, 0.1) is 25.4 Å². The summed E-state index contributed by atoms with van der Waals surface area (Å²) in [6, 6.07) is -0.625. The molecule has 0 saturated heterocycles. The van der Waals surface area contributed by atoms with Crippen molar-refractivity contribution in [3.05, 3.63) is 24.3 Å². The van der Waals surface area contributed by atoms with Crippen molar-refractivity contribution in [2.75, 3.05) is 13.2 Å².